The summed E-state index contributed by atoms with van der Waals surface area (Å²) in [6.07, 6.45) is 4.42. The van der Waals surface area contributed by atoms with Crippen molar-refractivity contribution < 1.29 is 14.3 Å². The monoisotopic (exact) mass is 394 g/mol. The van der Waals surface area contributed by atoms with Crippen molar-refractivity contribution in [1.82, 2.24) is 4.90 Å². The molecule has 29 heavy (non-hydrogen) atoms. The van der Waals surface area contributed by atoms with Gasteiger partial charge in [-0.05, 0) is 49.9 Å². The molecule has 2 aliphatic rings. The molecule has 2 heterocycles. The molecular weight excluding hydrogens is 364 g/mol. The number of amides is 1. The fraction of sp³-hybridized carbons (Fsp3) is 0.458. The fourth-order valence-corrected chi connectivity index (χ4v) is 4.06. The van der Waals surface area contributed by atoms with Crippen molar-refractivity contribution in [3.8, 4) is 5.75 Å². The third kappa shape index (κ3) is 4.91. The third-order valence-electron chi connectivity index (χ3n) is 5.79. The summed E-state index contributed by atoms with van der Waals surface area (Å²) in [5.74, 6) is 0.887. The van der Waals surface area contributed by atoms with Gasteiger partial charge in [0.1, 0.15) is 12.4 Å². The van der Waals surface area contributed by atoms with E-state index in [1.807, 2.05) is 23.1 Å². The van der Waals surface area contributed by atoms with Crippen molar-refractivity contribution in [2.75, 3.05) is 38.2 Å². The lowest BCUT2D eigenvalue weighted by molar-refractivity contribution is 0.0303. The quantitative estimate of drug-likeness (QED) is 0.749. The number of aryl methyl sites for hydroxylation is 1. The highest BCUT2D eigenvalue weighted by Crippen LogP contribution is 2.35. The molecule has 1 amide bonds. The average Bonchev–Trinajstić information content (AvgIpc) is 2.77. The van der Waals surface area contributed by atoms with Crippen molar-refractivity contribution in [3.05, 3.63) is 59.7 Å². The molecule has 0 bridgehead atoms. The van der Waals surface area contributed by atoms with Crippen LogP contribution >= 0.6 is 0 Å². The lowest BCUT2D eigenvalue weighted by atomic mass is 9.92. The predicted molar refractivity (Wildman–Crippen MR) is 115 cm³/mol. The minimum absolute atomic E-state index is 0.0630. The number of hydrogen-bond donors (Lipinski definition) is 1. The molecule has 1 atom stereocenters. The van der Waals surface area contributed by atoms with Crippen molar-refractivity contribution in [1.29, 1.82) is 0 Å². The maximum Gasteiger partial charge on any atom is 0.254 e. The molecule has 5 heteroatoms. The number of morpholine rings is 1. The second kappa shape index (κ2) is 8.87. The van der Waals surface area contributed by atoms with Gasteiger partial charge in [0.15, 0.2) is 0 Å². The van der Waals surface area contributed by atoms with Gasteiger partial charge in [0.25, 0.3) is 5.91 Å². The minimum atomic E-state index is -0.121. The first-order valence-electron chi connectivity index (χ1n) is 10.6. The van der Waals surface area contributed by atoms with Gasteiger partial charge in [-0.15, -0.1) is 0 Å². The molecule has 5 nitrogen and oxygen atoms in total. The Labute approximate surface area is 173 Å². The molecule has 1 saturated heterocycles. The number of unbranched alkanes of at least 4 members (excludes halogenated alkanes) is 1. The number of nitrogens with one attached hydrogen (secondary N) is 1. The lowest BCUT2D eigenvalue weighted by Gasteiger charge is -2.37. The molecule has 0 radical (unpaired) electrons. The number of hydrogen-bond acceptors (Lipinski definition) is 4. The topological polar surface area (TPSA) is 50.8 Å². The molecule has 2 aromatic carbocycles. The van der Waals surface area contributed by atoms with Crippen molar-refractivity contribution >= 4 is 11.6 Å². The second-order valence-corrected chi connectivity index (χ2v) is 8.28. The van der Waals surface area contributed by atoms with Crippen LogP contribution in [0.25, 0.3) is 0 Å². The van der Waals surface area contributed by atoms with Crippen LogP contribution in [0.5, 0.6) is 5.75 Å². The van der Waals surface area contributed by atoms with E-state index in [4.69, 9.17) is 9.47 Å². The molecule has 0 spiro atoms. The van der Waals surface area contributed by atoms with Gasteiger partial charge in [0.05, 0.1) is 24.4 Å². The summed E-state index contributed by atoms with van der Waals surface area (Å²) < 4.78 is 11.4. The van der Waals surface area contributed by atoms with Gasteiger partial charge in [0, 0.05) is 18.7 Å². The Bertz CT molecular complexity index is 833. The SMILES string of the molecule is CC1(CCCCc2ccccc2)COc2ccc(C(=O)N3CCOCC3)cc2N1. The largest absolute Gasteiger partial charge is 0.489 e. The summed E-state index contributed by atoms with van der Waals surface area (Å²) >= 11 is 0. The van der Waals surface area contributed by atoms with Gasteiger partial charge in [-0.25, -0.2) is 0 Å². The lowest BCUT2D eigenvalue weighted by Crippen LogP contribution is -2.44. The van der Waals surface area contributed by atoms with Crippen molar-refractivity contribution in [2.45, 2.75) is 38.1 Å². The molecule has 4 rings (SSSR count). The van der Waals surface area contributed by atoms with Crippen LogP contribution in [0.3, 0.4) is 0 Å². The van der Waals surface area contributed by atoms with Crippen molar-refractivity contribution in [2.24, 2.45) is 0 Å². The molecule has 1 N–H and O–H groups in total. The van der Waals surface area contributed by atoms with Crippen LogP contribution in [-0.2, 0) is 11.2 Å². The number of nitrogens with zero attached hydrogens (tertiary/aromatic N) is 1. The molecule has 154 valence electrons. The average molecular weight is 395 g/mol. The molecule has 2 aliphatic heterocycles. The van der Waals surface area contributed by atoms with Gasteiger partial charge < -0.3 is 19.7 Å². The normalized spacial score (nSPS) is 21.1. The van der Waals surface area contributed by atoms with Crippen LogP contribution in [0.15, 0.2) is 48.5 Å². The minimum Gasteiger partial charge on any atom is -0.489 e. The number of anilines is 1. The number of benzene rings is 2. The van der Waals surface area contributed by atoms with Crippen molar-refractivity contribution in [3.63, 3.8) is 0 Å². The number of ether oxygens (including phenoxy) is 2. The zero-order chi connectivity index (χ0) is 20.1. The number of carbonyl (C=O) groups excluding carboxylic acids is 1. The maximum atomic E-state index is 12.8. The van der Waals surface area contributed by atoms with Gasteiger partial charge in [-0.1, -0.05) is 36.8 Å². The first kappa shape index (κ1) is 19.8. The highest BCUT2D eigenvalue weighted by molar-refractivity contribution is 5.95. The molecule has 1 fully saturated rings. The zero-order valence-corrected chi connectivity index (χ0v) is 17.2. The molecule has 0 aliphatic carbocycles. The summed E-state index contributed by atoms with van der Waals surface area (Å²) in [5, 5.41) is 3.65. The van der Waals surface area contributed by atoms with Crippen LogP contribution in [0.4, 0.5) is 5.69 Å². The van der Waals surface area contributed by atoms with E-state index in [1.54, 1.807) is 0 Å². The Morgan fingerprint density at radius 3 is 2.69 bits per heavy atom. The number of rotatable bonds is 6. The molecule has 0 aromatic heterocycles. The van der Waals surface area contributed by atoms with E-state index in [2.05, 4.69) is 42.6 Å². The summed E-state index contributed by atoms with van der Waals surface area (Å²) in [6.45, 7) is 5.37. The molecular formula is C24H30N2O3. The molecule has 1 unspecified atom stereocenters. The fourth-order valence-electron chi connectivity index (χ4n) is 4.06. The van der Waals surface area contributed by atoms with Crippen LogP contribution < -0.4 is 10.1 Å². The van der Waals surface area contributed by atoms with Gasteiger partial charge >= 0.3 is 0 Å². The second-order valence-electron chi connectivity index (χ2n) is 8.28. The van der Waals surface area contributed by atoms with E-state index in [0.717, 1.165) is 37.1 Å². The Balaban J connectivity index is 1.35. The van der Waals surface area contributed by atoms with E-state index in [0.29, 0.717) is 38.5 Å². The first-order valence-corrected chi connectivity index (χ1v) is 10.6. The van der Waals surface area contributed by atoms with Gasteiger partial charge in [-0.2, -0.15) is 0 Å². The number of carbonyl (C=O) groups is 1. The third-order valence-corrected chi connectivity index (χ3v) is 5.79. The van der Waals surface area contributed by atoms with E-state index in [1.165, 1.54) is 5.56 Å². The molecule has 0 saturated carbocycles. The van der Waals surface area contributed by atoms with Gasteiger partial charge in [0.2, 0.25) is 0 Å². The van der Waals surface area contributed by atoms with E-state index < -0.39 is 0 Å². The predicted octanol–water partition coefficient (Wildman–Crippen LogP) is 4.14. The first-order chi connectivity index (χ1) is 14.1. The summed E-state index contributed by atoms with van der Waals surface area (Å²) in [4.78, 5) is 14.7. The van der Waals surface area contributed by atoms with Crippen LogP contribution in [0, 0.1) is 0 Å². The van der Waals surface area contributed by atoms with E-state index >= 15 is 0 Å². The summed E-state index contributed by atoms with van der Waals surface area (Å²) in [6, 6.07) is 16.3. The summed E-state index contributed by atoms with van der Waals surface area (Å²) in [7, 11) is 0. The van der Waals surface area contributed by atoms with Crippen LogP contribution in [-0.4, -0.2) is 49.3 Å². The maximum absolute atomic E-state index is 12.8. The standard InChI is InChI=1S/C24H30N2O3/c1-24(12-6-5-9-19-7-3-2-4-8-19)18-29-22-11-10-20(17-21(22)25-24)23(27)26-13-15-28-16-14-26/h2-4,7-8,10-11,17,25H,5-6,9,12-16,18H2,1H3. The molecule has 2 aromatic rings. The smallest absolute Gasteiger partial charge is 0.254 e. The number of fused-ring (bicyclic) bond motifs is 1. The van der Waals surface area contributed by atoms with E-state index in [9.17, 15) is 4.79 Å². The highest BCUT2D eigenvalue weighted by atomic mass is 16.5. The van der Waals surface area contributed by atoms with Crippen LogP contribution in [0.1, 0.15) is 42.1 Å². The summed E-state index contributed by atoms with van der Waals surface area (Å²) in [5.41, 5.74) is 2.89. The Morgan fingerprint density at radius 2 is 1.90 bits per heavy atom. The Kier molecular flexibility index (Phi) is 6.05. The van der Waals surface area contributed by atoms with Gasteiger partial charge in [-0.3, -0.25) is 4.79 Å². The highest BCUT2D eigenvalue weighted by Gasteiger charge is 2.31. The van der Waals surface area contributed by atoms with Crippen LogP contribution in [0.2, 0.25) is 0 Å². The Hall–Kier alpha value is -2.53. The van der Waals surface area contributed by atoms with E-state index in [-0.39, 0.29) is 11.4 Å². The Morgan fingerprint density at radius 1 is 1.10 bits per heavy atom. The zero-order valence-electron chi connectivity index (χ0n) is 17.2.